The van der Waals surface area contributed by atoms with E-state index in [9.17, 15) is 15.0 Å². The number of nitrogens with one attached hydrogen (secondary N) is 1. The predicted molar refractivity (Wildman–Crippen MR) is 69.1 cm³/mol. The Kier molecular flexibility index (Phi) is 3.08. The summed E-state index contributed by atoms with van der Waals surface area (Å²) < 4.78 is 7.13. The van der Waals surface area contributed by atoms with Crippen LogP contribution in [0.15, 0.2) is 11.1 Å². The topological polar surface area (TPSA) is 113 Å². The molecule has 0 radical (unpaired) electrons. The molecule has 1 aliphatic heterocycles. The molecule has 1 saturated heterocycles. The zero-order valence-corrected chi connectivity index (χ0v) is 11.1. The number of hydrogen-bond acceptors (Lipinski definition) is 6. The van der Waals surface area contributed by atoms with Crippen molar-refractivity contribution in [1.29, 1.82) is 0 Å². The van der Waals surface area contributed by atoms with Gasteiger partial charge in [0.1, 0.15) is 18.0 Å². The number of aliphatic hydroxyl groups is 2. The Morgan fingerprint density at radius 1 is 1.45 bits per heavy atom. The SMILES string of the molecule is CC[C@H]1O[C@@H](n2cnc3c(=O)[nH]c(C)nc32)C(O)[C@H]1O. The molecular weight excluding hydrogens is 264 g/mol. The van der Waals surface area contributed by atoms with E-state index < -0.39 is 24.5 Å². The second kappa shape index (κ2) is 4.65. The molecule has 0 saturated carbocycles. The van der Waals surface area contributed by atoms with Crippen LogP contribution in [0, 0.1) is 6.92 Å². The van der Waals surface area contributed by atoms with Gasteiger partial charge in [0.2, 0.25) is 0 Å². The first kappa shape index (κ1) is 13.2. The van der Waals surface area contributed by atoms with Crippen LogP contribution in [0.4, 0.5) is 0 Å². The Hall–Kier alpha value is -1.77. The Balaban J connectivity index is 2.09. The Bertz CT molecular complexity index is 694. The van der Waals surface area contributed by atoms with Gasteiger partial charge in [0.25, 0.3) is 5.56 Å². The van der Waals surface area contributed by atoms with Crippen molar-refractivity contribution in [1.82, 2.24) is 19.5 Å². The van der Waals surface area contributed by atoms with Crippen molar-refractivity contribution in [2.24, 2.45) is 0 Å². The maximum Gasteiger partial charge on any atom is 0.279 e. The molecule has 1 fully saturated rings. The molecule has 3 heterocycles. The largest absolute Gasteiger partial charge is 0.388 e. The lowest BCUT2D eigenvalue weighted by atomic mass is 10.1. The first-order chi connectivity index (χ1) is 9.52. The van der Waals surface area contributed by atoms with Crippen LogP contribution in [0.3, 0.4) is 0 Å². The number of aryl methyl sites for hydroxylation is 1. The second-order valence-electron chi connectivity index (χ2n) is 4.93. The van der Waals surface area contributed by atoms with Crippen LogP contribution in [0.1, 0.15) is 25.4 Å². The Morgan fingerprint density at radius 3 is 2.85 bits per heavy atom. The third kappa shape index (κ3) is 1.84. The van der Waals surface area contributed by atoms with E-state index in [1.165, 1.54) is 10.9 Å². The van der Waals surface area contributed by atoms with Crippen LogP contribution in [0.25, 0.3) is 11.2 Å². The highest BCUT2D eigenvalue weighted by molar-refractivity contribution is 5.69. The monoisotopic (exact) mass is 280 g/mol. The van der Waals surface area contributed by atoms with Crippen molar-refractivity contribution >= 4 is 11.2 Å². The summed E-state index contributed by atoms with van der Waals surface area (Å²) in [6, 6.07) is 0. The van der Waals surface area contributed by atoms with Gasteiger partial charge in [-0.1, -0.05) is 6.92 Å². The molecule has 4 atom stereocenters. The Labute approximate surface area is 114 Å². The first-order valence-corrected chi connectivity index (χ1v) is 6.48. The molecule has 2 aromatic heterocycles. The van der Waals surface area contributed by atoms with Gasteiger partial charge >= 0.3 is 0 Å². The maximum atomic E-state index is 11.8. The van der Waals surface area contributed by atoms with Crippen molar-refractivity contribution in [3.8, 4) is 0 Å². The minimum atomic E-state index is -1.08. The summed E-state index contributed by atoms with van der Waals surface area (Å²) in [7, 11) is 0. The van der Waals surface area contributed by atoms with Crippen molar-refractivity contribution < 1.29 is 14.9 Å². The van der Waals surface area contributed by atoms with Crippen molar-refractivity contribution in [2.45, 2.75) is 44.8 Å². The highest BCUT2D eigenvalue weighted by Gasteiger charge is 2.43. The van der Waals surface area contributed by atoms with E-state index >= 15 is 0 Å². The lowest BCUT2D eigenvalue weighted by molar-refractivity contribution is -0.0355. The van der Waals surface area contributed by atoms with Gasteiger partial charge in [-0.2, -0.15) is 0 Å². The number of imidazole rings is 1. The molecule has 3 N–H and O–H groups in total. The number of nitrogens with zero attached hydrogens (tertiary/aromatic N) is 3. The molecule has 0 aliphatic carbocycles. The average Bonchev–Trinajstić information content (AvgIpc) is 2.93. The van der Waals surface area contributed by atoms with Gasteiger partial charge in [-0.15, -0.1) is 0 Å². The highest BCUT2D eigenvalue weighted by Crippen LogP contribution is 2.32. The summed E-state index contributed by atoms with van der Waals surface area (Å²) >= 11 is 0. The third-order valence-corrected chi connectivity index (χ3v) is 3.56. The van der Waals surface area contributed by atoms with Crippen LogP contribution in [-0.2, 0) is 4.74 Å². The molecule has 20 heavy (non-hydrogen) atoms. The molecule has 108 valence electrons. The van der Waals surface area contributed by atoms with E-state index in [4.69, 9.17) is 4.74 Å². The molecule has 0 aromatic carbocycles. The third-order valence-electron chi connectivity index (χ3n) is 3.56. The molecule has 8 heteroatoms. The molecular formula is C12H16N4O4. The number of ether oxygens (including phenoxy) is 1. The number of rotatable bonds is 2. The van der Waals surface area contributed by atoms with Crippen LogP contribution in [0.2, 0.25) is 0 Å². The standard InChI is InChI=1S/C12H16N4O4/c1-3-6-8(17)9(18)12(20-6)16-4-13-7-10(16)14-5(2)15-11(7)19/h4,6,8-9,12,17-18H,3H2,1-2H3,(H,14,15,19)/t6-,8+,9?,12-/m1/s1. The van der Waals surface area contributed by atoms with Gasteiger partial charge in [0.05, 0.1) is 12.4 Å². The smallest absolute Gasteiger partial charge is 0.279 e. The number of aromatic amines is 1. The lowest BCUT2D eigenvalue weighted by Gasteiger charge is -2.16. The van der Waals surface area contributed by atoms with Crippen molar-refractivity contribution in [3.63, 3.8) is 0 Å². The van der Waals surface area contributed by atoms with E-state index in [-0.39, 0.29) is 11.1 Å². The van der Waals surface area contributed by atoms with Gasteiger partial charge in [-0.3, -0.25) is 9.36 Å². The molecule has 8 nitrogen and oxygen atoms in total. The van der Waals surface area contributed by atoms with Crippen LogP contribution in [-0.4, -0.2) is 48.0 Å². The van der Waals surface area contributed by atoms with Crippen LogP contribution < -0.4 is 5.56 Å². The molecule has 2 aromatic rings. The van der Waals surface area contributed by atoms with E-state index in [0.29, 0.717) is 17.9 Å². The van der Waals surface area contributed by atoms with Gasteiger partial charge in [-0.05, 0) is 13.3 Å². The minimum absolute atomic E-state index is 0.181. The number of H-pyrrole nitrogens is 1. The van der Waals surface area contributed by atoms with Crippen LogP contribution >= 0.6 is 0 Å². The van der Waals surface area contributed by atoms with Crippen molar-refractivity contribution in [3.05, 3.63) is 22.5 Å². The zero-order valence-electron chi connectivity index (χ0n) is 11.1. The fraction of sp³-hybridized carbons (Fsp3) is 0.583. The lowest BCUT2D eigenvalue weighted by Crippen LogP contribution is -2.31. The van der Waals surface area contributed by atoms with Crippen molar-refractivity contribution in [2.75, 3.05) is 0 Å². The van der Waals surface area contributed by atoms with Crippen LogP contribution in [0.5, 0.6) is 0 Å². The molecule has 1 unspecified atom stereocenters. The zero-order chi connectivity index (χ0) is 14.4. The summed E-state index contributed by atoms with van der Waals surface area (Å²) in [5, 5.41) is 20.0. The quantitative estimate of drug-likeness (QED) is 0.680. The summed E-state index contributed by atoms with van der Waals surface area (Å²) in [6.45, 7) is 3.52. The summed E-state index contributed by atoms with van der Waals surface area (Å²) in [5.74, 6) is 0.448. The maximum absolute atomic E-state index is 11.8. The van der Waals surface area contributed by atoms with Gasteiger partial charge < -0.3 is 19.9 Å². The number of aromatic nitrogens is 4. The number of aliphatic hydroxyl groups excluding tert-OH is 2. The van der Waals surface area contributed by atoms with E-state index in [1.807, 2.05) is 6.92 Å². The average molecular weight is 280 g/mol. The number of fused-ring (bicyclic) bond motifs is 1. The summed E-state index contributed by atoms with van der Waals surface area (Å²) in [5.41, 5.74) is 0.173. The summed E-state index contributed by atoms with van der Waals surface area (Å²) in [6.07, 6.45) is -1.33. The normalized spacial score (nSPS) is 30.2. The second-order valence-corrected chi connectivity index (χ2v) is 4.93. The minimum Gasteiger partial charge on any atom is -0.388 e. The fourth-order valence-corrected chi connectivity index (χ4v) is 2.52. The predicted octanol–water partition coefficient (Wildman–Crippen LogP) is -0.543. The van der Waals surface area contributed by atoms with E-state index in [2.05, 4.69) is 15.0 Å². The van der Waals surface area contributed by atoms with Gasteiger partial charge in [0.15, 0.2) is 17.4 Å². The van der Waals surface area contributed by atoms with Gasteiger partial charge in [0, 0.05) is 0 Å². The van der Waals surface area contributed by atoms with Gasteiger partial charge in [-0.25, -0.2) is 9.97 Å². The number of hydrogen-bond donors (Lipinski definition) is 3. The first-order valence-electron chi connectivity index (χ1n) is 6.48. The van der Waals surface area contributed by atoms with E-state index in [1.54, 1.807) is 6.92 Å². The highest BCUT2D eigenvalue weighted by atomic mass is 16.6. The Morgan fingerprint density at radius 2 is 2.20 bits per heavy atom. The molecule has 1 aliphatic rings. The molecule has 0 spiro atoms. The molecule has 0 amide bonds. The molecule has 0 bridgehead atoms. The summed E-state index contributed by atoms with van der Waals surface area (Å²) in [4.78, 5) is 22.6. The fourth-order valence-electron chi connectivity index (χ4n) is 2.52. The van der Waals surface area contributed by atoms with E-state index in [0.717, 1.165) is 0 Å². The molecule has 3 rings (SSSR count).